The van der Waals surface area contributed by atoms with Crippen LogP contribution in [0.5, 0.6) is 0 Å². The topological polar surface area (TPSA) is 56.5 Å². The first-order valence-corrected chi connectivity index (χ1v) is 6.49. The second-order valence-corrected chi connectivity index (χ2v) is 5.12. The summed E-state index contributed by atoms with van der Waals surface area (Å²) in [5, 5.41) is 10.1. The first kappa shape index (κ1) is 11.1. The normalized spacial score (nSPS) is 22.1. The zero-order valence-corrected chi connectivity index (χ0v) is 10.4. The van der Waals surface area contributed by atoms with Gasteiger partial charge in [-0.2, -0.15) is 4.99 Å². The van der Waals surface area contributed by atoms with E-state index in [0.29, 0.717) is 18.1 Å². The fraction of sp³-hybridized carbons (Fsp3) is 0.154. The van der Waals surface area contributed by atoms with Crippen LogP contribution in [0.4, 0.5) is 4.79 Å². The van der Waals surface area contributed by atoms with E-state index in [0.717, 1.165) is 4.88 Å². The van der Waals surface area contributed by atoms with Gasteiger partial charge < -0.3 is 0 Å². The molecule has 1 aliphatic heterocycles. The number of rotatable bonds is 2. The van der Waals surface area contributed by atoms with Gasteiger partial charge in [0.05, 0.1) is 18.2 Å². The van der Waals surface area contributed by atoms with Gasteiger partial charge in [0, 0.05) is 4.88 Å². The third kappa shape index (κ3) is 1.82. The van der Waals surface area contributed by atoms with Gasteiger partial charge >= 0.3 is 6.03 Å². The quantitative estimate of drug-likeness (QED) is 0.870. The van der Waals surface area contributed by atoms with Crippen molar-refractivity contribution in [3.05, 3.63) is 46.7 Å². The SMILES string of the molecule is N=C1C2C=CC=CC2=NC(=O)N1Cc1cccs1. The number of allylic oxidation sites excluding steroid dienone is 3. The van der Waals surface area contributed by atoms with Crippen molar-refractivity contribution in [1.29, 1.82) is 5.41 Å². The van der Waals surface area contributed by atoms with Gasteiger partial charge in [0.25, 0.3) is 0 Å². The highest BCUT2D eigenvalue weighted by Gasteiger charge is 2.32. The summed E-state index contributed by atoms with van der Waals surface area (Å²) in [6, 6.07) is 3.55. The Morgan fingerprint density at radius 2 is 2.33 bits per heavy atom. The van der Waals surface area contributed by atoms with Gasteiger partial charge in [-0.3, -0.25) is 10.3 Å². The van der Waals surface area contributed by atoms with E-state index in [1.807, 2.05) is 35.7 Å². The Labute approximate surface area is 108 Å². The molecular weight excluding hydrogens is 246 g/mol. The lowest BCUT2D eigenvalue weighted by Crippen LogP contribution is -2.44. The maximum atomic E-state index is 11.9. The van der Waals surface area contributed by atoms with E-state index in [1.165, 1.54) is 4.90 Å². The van der Waals surface area contributed by atoms with Crippen LogP contribution in [0.2, 0.25) is 0 Å². The molecule has 1 atom stereocenters. The minimum Gasteiger partial charge on any atom is -0.287 e. The number of hydrogen-bond acceptors (Lipinski definition) is 3. The van der Waals surface area contributed by atoms with Crippen molar-refractivity contribution in [2.24, 2.45) is 10.9 Å². The van der Waals surface area contributed by atoms with Crippen molar-refractivity contribution in [2.45, 2.75) is 6.54 Å². The van der Waals surface area contributed by atoms with Crippen LogP contribution in [0.1, 0.15) is 4.88 Å². The molecule has 1 aromatic heterocycles. The second kappa shape index (κ2) is 4.34. The largest absolute Gasteiger partial charge is 0.349 e. The molecule has 0 saturated carbocycles. The number of urea groups is 1. The molecule has 0 aromatic carbocycles. The van der Waals surface area contributed by atoms with Crippen LogP contribution in [0.15, 0.2) is 46.8 Å². The highest BCUT2D eigenvalue weighted by molar-refractivity contribution is 7.09. The zero-order valence-electron chi connectivity index (χ0n) is 9.54. The van der Waals surface area contributed by atoms with Crippen molar-refractivity contribution in [3.8, 4) is 0 Å². The number of hydrogen-bond donors (Lipinski definition) is 1. The molecule has 0 spiro atoms. The molecule has 0 radical (unpaired) electrons. The number of carbonyl (C=O) groups excluding carboxylic acids is 1. The molecule has 0 bridgehead atoms. The van der Waals surface area contributed by atoms with Crippen LogP contribution in [0, 0.1) is 11.3 Å². The van der Waals surface area contributed by atoms with Crippen molar-refractivity contribution in [1.82, 2.24) is 4.90 Å². The summed E-state index contributed by atoms with van der Waals surface area (Å²) in [5.74, 6) is 0.117. The minimum absolute atomic E-state index is 0.187. The van der Waals surface area contributed by atoms with Gasteiger partial charge in [-0.05, 0) is 17.5 Å². The molecule has 0 saturated heterocycles. The molecule has 3 rings (SSSR count). The molecule has 18 heavy (non-hydrogen) atoms. The predicted octanol–water partition coefficient (Wildman–Crippen LogP) is 2.84. The number of nitrogens with zero attached hydrogens (tertiary/aromatic N) is 2. The van der Waals surface area contributed by atoms with Gasteiger partial charge in [0.1, 0.15) is 5.84 Å². The fourth-order valence-corrected chi connectivity index (χ4v) is 2.72. The highest BCUT2D eigenvalue weighted by atomic mass is 32.1. The first-order chi connectivity index (χ1) is 8.75. The number of nitrogens with one attached hydrogen (secondary N) is 1. The van der Waals surface area contributed by atoms with Crippen LogP contribution in [0.3, 0.4) is 0 Å². The Morgan fingerprint density at radius 1 is 1.44 bits per heavy atom. The zero-order chi connectivity index (χ0) is 12.5. The Morgan fingerprint density at radius 3 is 3.11 bits per heavy atom. The van der Waals surface area contributed by atoms with E-state index in [9.17, 15) is 4.79 Å². The predicted molar refractivity (Wildman–Crippen MR) is 72.2 cm³/mol. The summed E-state index contributed by atoms with van der Waals surface area (Å²) < 4.78 is 0. The summed E-state index contributed by atoms with van der Waals surface area (Å²) in [5.41, 5.74) is 0.662. The van der Waals surface area contributed by atoms with Crippen molar-refractivity contribution in [3.63, 3.8) is 0 Å². The Kier molecular flexibility index (Phi) is 2.68. The van der Waals surface area contributed by atoms with Crippen molar-refractivity contribution in [2.75, 3.05) is 0 Å². The monoisotopic (exact) mass is 257 g/mol. The van der Waals surface area contributed by atoms with Crippen LogP contribution in [-0.2, 0) is 6.54 Å². The van der Waals surface area contributed by atoms with E-state index in [4.69, 9.17) is 5.41 Å². The van der Waals surface area contributed by atoms with Crippen LogP contribution in [-0.4, -0.2) is 22.5 Å². The number of thiophene rings is 1. The van der Waals surface area contributed by atoms with Crippen LogP contribution < -0.4 is 0 Å². The summed E-state index contributed by atoms with van der Waals surface area (Å²) in [6.07, 6.45) is 7.41. The molecule has 1 unspecified atom stereocenters. The van der Waals surface area contributed by atoms with Gasteiger partial charge in [0.15, 0.2) is 0 Å². The third-order valence-electron chi connectivity index (χ3n) is 2.94. The van der Waals surface area contributed by atoms with E-state index >= 15 is 0 Å². The number of amidine groups is 1. The number of aliphatic imine (C=N–C) groups is 1. The molecule has 1 aliphatic carbocycles. The summed E-state index contributed by atoms with van der Waals surface area (Å²) in [4.78, 5) is 18.5. The Bertz CT molecular complexity index is 583. The van der Waals surface area contributed by atoms with E-state index in [-0.39, 0.29) is 11.9 Å². The summed E-state index contributed by atoms with van der Waals surface area (Å²) >= 11 is 1.58. The maximum absolute atomic E-state index is 11.9. The average molecular weight is 257 g/mol. The second-order valence-electron chi connectivity index (χ2n) is 4.09. The summed E-state index contributed by atoms with van der Waals surface area (Å²) in [6.45, 7) is 0.431. The van der Waals surface area contributed by atoms with Gasteiger partial charge in [-0.15, -0.1) is 11.3 Å². The maximum Gasteiger partial charge on any atom is 0.349 e. The standard InChI is InChI=1S/C13H11N3OS/c14-12-10-5-1-2-6-11(10)15-13(17)16(12)8-9-4-3-7-18-9/h1-7,10,14H,8H2. The molecule has 0 fully saturated rings. The molecule has 2 amide bonds. The third-order valence-corrected chi connectivity index (χ3v) is 3.80. The lowest BCUT2D eigenvalue weighted by atomic mass is 9.95. The van der Waals surface area contributed by atoms with Crippen molar-refractivity contribution >= 4 is 28.9 Å². The first-order valence-electron chi connectivity index (χ1n) is 5.61. The molecular formula is C13H11N3OS. The van der Waals surface area contributed by atoms with Crippen LogP contribution >= 0.6 is 11.3 Å². The molecule has 5 heteroatoms. The molecule has 1 N–H and O–H groups in total. The molecule has 4 nitrogen and oxygen atoms in total. The van der Waals surface area contributed by atoms with Gasteiger partial charge in [0.2, 0.25) is 0 Å². The smallest absolute Gasteiger partial charge is 0.287 e. The lowest BCUT2D eigenvalue weighted by Gasteiger charge is -2.30. The number of carbonyl (C=O) groups is 1. The van der Waals surface area contributed by atoms with E-state index < -0.39 is 0 Å². The Balaban J connectivity index is 1.90. The van der Waals surface area contributed by atoms with E-state index in [1.54, 1.807) is 17.4 Å². The molecule has 90 valence electrons. The summed E-state index contributed by atoms with van der Waals surface area (Å²) in [7, 11) is 0. The molecule has 2 heterocycles. The molecule has 2 aliphatic rings. The number of fused-ring (bicyclic) bond motifs is 1. The Hall–Kier alpha value is -2.01. The van der Waals surface area contributed by atoms with E-state index in [2.05, 4.69) is 4.99 Å². The lowest BCUT2D eigenvalue weighted by molar-refractivity contribution is 0.227. The van der Waals surface area contributed by atoms with Crippen molar-refractivity contribution < 1.29 is 4.79 Å². The fourth-order valence-electron chi connectivity index (χ4n) is 2.02. The van der Waals surface area contributed by atoms with Gasteiger partial charge in [-0.25, -0.2) is 4.79 Å². The number of amides is 2. The highest BCUT2D eigenvalue weighted by Crippen LogP contribution is 2.22. The molecule has 1 aromatic rings. The minimum atomic E-state index is -0.348. The average Bonchev–Trinajstić information content (AvgIpc) is 2.87. The van der Waals surface area contributed by atoms with Gasteiger partial charge in [-0.1, -0.05) is 24.3 Å². The van der Waals surface area contributed by atoms with Crippen LogP contribution in [0.25, 0.3) is 0 Å².